The first-order valence-corrected chi connectivity index (χ1v) is 8.59. The number of unbranched alkanes of at least 4 members (excludes halogenated alkanes) is 1. The Bertz CT molecular complexity index is 505. The third-order valence-electron chi connectivity index (χ3n) is 4.28. The summed E-state index contributed by atoms with van der Waals surface area (Å²) in [6.07, 6.45) is 8.44. The lowest BCUT2D eigenvalue weighted by atomic mass is 9.95. The molecule has 0 aliphatic heterocycles. The van der Waals surface area contributed by atoms with Gasteiger partial charge >= 0.3 is 5.97 Å². The van der Waals surface area contributed by atoms with Gasteiger partial charge in [-0.2, -0.15) is 0 Å². The summed E-state index contributed by atoms with van der Waals surface area (Å²) in [6.45, 7) is 1.19. The molecular formula is C18H28N2O3. The minimum atomic E-state index is -0.584. The number of esters is 1. The fourth-order valence-corrected chi connectivity index (χ4v) is 2.86. The molecule has 0 fully saturated rings. The van der Waals surface area contributed by atoms with Crippen LogP contribution >= 0.6 is 0 Å². The molecule has 1 aliphatic rings. The van der Waals surface area contributed by atoms with Crippen LogP contribution in [-0.2, 0) is 33.5 Å². The van der Waals surface area contributed by atoms with Gasteiger partial charge in [-0.15, -0.1) is 0 Å². The smallest absolute Gasteiger partial charge is 0.322 e. The van der Waals surface area contributed by atoms with Crippen LogP contribution < -0.4 is 5.73 Å². The van der Waals surface area contributed by atoms with Gasteiger partial charge in [-0.05, 0) is 63.0 Å². The highest BCUT2D eigenvalue weighted by atomic mass is 16.5. The number of aromatic nitrogens is 1. The predicted molar refractivity (Wildman–Crippen MR) is 89.2 cm³/mol. The highest BCUT2D eigenvalue weighted by Crippen LogP contribution is 2.20. The molecule has 0 bridgehead atoms. The molecule has 2 rings (SSSR count). The van der Waals surface area contributed by atoms with E-state index in [0.29, 0.717) is 19.6 Å². The number of rotatable bonds is 9. The number of nitrogens with two attached hydrogens (primary N) is 1. The van der Waals surface area contributed by atoms with E-state index in [1.165, 1.54) is 43.3 Å². The van der Waals surface area contributed by atoms with E-state index in [0.717, 1.165) is 25.7 Å². The van der Waals surface area contributed by atoms with Crippen molar-refractivity contribution in [3.05, 3.63) is 29.1 Å². The number of ether oxygens (including phenoxy) is 2. The SMILES string of the molecule is COC(=O)C(N)CCOCCCCc1ccc2c(n1)CCCC2. The van der Waals surface area contributed by atoms with E-state index in [4.69, 9.17) is 15.5 Å². The average Bonchev–Trinajstić information content (AvgIpc) is 2.59. The van der Waals surface area contributed by atoms with Gasteiger partial charge in [-0.1, -0.05) is 6.07 Å². The first-order valence-electron chi connectivity index (χ1n) is 8.59. The largest absolute Gasteiger partial charge is 0.468 e. The third kappa shape index (κ3) is 5.92. The van der Waals surface area contributed by atoms with Gasteiger partial charge in [0.25, 0.3) is 0 Å². The van der Waals surface area contributed by atoms with E-state index in [9.17, 15) is 4.79 Å². The summed E-state index contributed by atoms with van der Waals surface area (Å²) in [5.74, 6) is -0.382. The molecule has 1 heterocycles. The van der Waals surface area contributed by atoms with Gasteiger partial charge in [-0.25, -0.2) is 0 Å². The molecule has 1 aromatic rings. The van der Waals surface area contributed by atoms with Crippen molar-refractivity contribution < 1.29 is 14.3 Å². The van der Waals surface area contributed by atoms with Crippen molar-refractivity contribution in [3.63, 3.8) is 0 Å². The quantitative estimate of drug-likeness (QED) is 0.557. The Morgan fingerprint density at radius 2 is 2.09 bits per heavy atom. The molecule has 0 radical (unpaired) electrons. The number of fused-ring (bicyclic) bond motifs is 1. The number of hydrogen-bond acceptors (Lipinski definition) is 5. The van der Waals surface area contributed by atoms with E-state index < -0.39 is 6.04 Å². The van der Waals surface area contributed by atoms with Crippen molar-refractivity contribution >= 4 is 5.97 Å². The maximum Gasteiger partial charge on any atom is 0.322 e. The van der Waals surface area contributed by atoms with E-state index in [2.05, 4.69) is 16.9 Å². The van der Waals surface area contributed by atoms with Crippen molar-refractivity contribution in [1.82, 2.24) is 4.98 Å². The van der Waals surface area contributed by atoms with Gasteiger partial charge in [0.2, 0.25) is 0 Å². The number of hydrogen-bond donors (Lipinski definition) is 1. The standard InChI is InChI=1S/C18H28N2O3/c1-22-18(21)16(19)11-13-23-12-5-4-7-15-10-9-14-6-2-3-8-17(14)20-15/h9-10,16H,2-8,11-13,19H2,1H3. The summed E-state index contributed by atoms with van der Waals surface area (Å²) in [5.41, 5.74) is 9.57. The Balaban J connectivity index is 1.56. The van der Waals surface area contributed by atoms with Gasteiger partial charge < -0.3 is 15.2 Å². The predicted octanol–water partition coefficient (Wildman–Crippen LogP) is 2.19. The lowest BCUT2D eigenvalue weighted by molar-refractivity contribution is -0.142. The molecular weight excluding hydrogens is 292 g/mol. The Hall–Kier alpha value is -1.46. The number of aryl methyl sites for hydroxylation is 3. The van der Waals surface area contributed by atoms with Crippen LogP contribution in [0.4, 0.5) is 0 Å². The molecule has 0 saturated carbocycles. The maximum atomic E-state index is 11.1. The zero-order chi connectivity index (χ0) is 16.5. The van der Waals surface area contributed by atoms with Crippen LogP contribution in [0.5, 0.6) is 0 Å². The molecule has 0 amide bonds. The van der Waals surface area contributed by atoms with Crippen molar-refractivity contribution in [2.45, 2.75) is 57.4 Å². The second kappa shape index (κ2) is 9.63. The number of carbonyl (C=O) groups is 1. The third-order valence-corrected chi connectivity index (χ3v) is 4.28. The fraction of sp³-hybridized carbons (Fsp3) is 0.667. The molecule has 0 spiro atoms. The Morgan fingerprint density at radius 1 is 1.26 bits per heavy atom. The van der Waals surface area contributed by atoms with Gasteiger partial charge in [0.1, 0.15) is 6.04 Å². The molecule has 1 atom stereocenters. The molecule has 0 aromatic carbocycles. The number of pyridine rings is 1. The van der Waals surface area contributed by atoms with Crippen LogP contribution in [0.1, 0.15) is 49.1 Å². The van der Waals surface area contributed by atoms with Crippen molar-refractivity contribution in [1.29, 1.82) is 0 Å². The van der Waals surface area contributed by atoms with Gasteiger partial charge in [0.05, 0.1) is 7.11 Å². The maximum absolute atomic E-state index is 11.1. The van der Waals surface area contributed by atoms with Gasteiger partial charge in [0, 0.05) is 24.6 Å². The Labute approximate surface area is 138 Å². The summed E-state index contributed by atoms with van der Waals surface area (Å²) in [7, 11) is 1.35. The number of nitrogens with zero attached hydrogens (tertiary/aromatic N) is 1. The lowest BCUT2D eigenvalue weighted by Gasteiger charge is -2.15. The summed E-state index contributed by atoms with van der Waals surface area (Å²) in [4.78, 5) is 15.9. The van der Waals surface area contributed by atoms with Gasteiger partial charge in [-0.3, -0.25) is 9.78 Å². The Kier molecular flexibility index (Phi) is 7.49. The van der Waals surface area contributed by atoms with Crippen LogP contribution in [0.3, 0.4) is 0 Å². The normalized spacial score (nSPS) is 15.0. The minimum Gasteiger partial charge on any atom is -0.468 e. The summed E-state index contributed by atoms with van der Waals surface area (Å²) < 4.78 is 10.1. The van der Waals surface area contributed by atoms with Crippen LogP contribution in [-0.4, -0.2) is 37.3 Å². The van der Waals surface area contributed by atoms with Crippen LogP contribution in [0.15, 0.2) is 12.1 Å². The monoisotopic (exact) mass is 320 g/mol. The van der Waals surface area contributed by atoms with Crippen LogP contribution in [0.2, 0.25) is 0 Å². The molecule has 128 valence electrons. The molecule has 0 saturated heterocycles. The zero-order valence-electron chi connectivity index (χ0n) is 14.1. The number of carbonyl (C=O) groups excluding carboxylic acids is 1. The fourth-order valence-electron chi connectivity index (χ4n) is 2.86. The zero-order valence-corrected chi connectivity index (χ0v) is 14.1. The van der Waals surface area contributed by atoms with Crippen molar-refractivity contribution in [3.8, 4) is 0 Å². The lowest BCUT2D eigenvalue weighted by Crippen LogP contribution is -2.32. The summed E-state index contributed by atoms with van der Waals surface area (Å²) in [5, 5.41) is 0. The highest BCUT2D eigenvalue weighted by molar-refractivity contribution is 5.75. The molecule has 23 heavy (non-hydrogen) atoms. The van der Waals surface area contributed by atoms with E-state index in [-0.39, 0.29) is 5.97 Å². The van der Waals surface area contributed by atoms with Crippen LogP contribution in [0.25, 0.3) is 0 Å². The molecule has 1 aromatic heterocycles. The number of methoxy groups -OCH3 is 1. The molecule has 5 heteroatoms. The van der Waals surface area contributed by atoms with E-state index >= 15 is 0 Å². The van der Waals surface area contributed by atoms with Gasteiger partial charge in [0.15, 0.2) is 0 Å². The first-order chi connectivity index (χ1) is 11.2. The van der Waals surface area contributed by atoms with E-state index in [1.807, 2.05) is 0 Å². The first kappa shape index (κ1) is 17.9. The molecule has 2 N–H and O–H groups in total. The van der Waals surface area contributed by atoms with Crippen LogP contribution in [0, 0.1) is 0 Å². The van der Waals surface area contributed by atoms with Crippen molar-refractivity contribution in [2.75, 3.05) is 20.3 Å². The Morgan fingerprint density at radius 3 is 2.91 bits per heavy atom. The molecule has 1 unspecified atom stereocenters. The molecule has 1 aliphatic carbocycles. The minimum absolute atomic E-state index is 0.382. The summed E-state index contributed by atoms with van der Waals surface area (Å²) >= 11 is 0. The second-order valence-electron chi connectivity index (χ2n) is 6.10. The average molecular weight is 320 g/mol. The van der Waals surface area contributed by atoms with Crippen molar-refractivity contribution in [2.24, 2.45) is 5.73 Å². The second-order valence-corrected chi connectivity index (χ2v) is 6.10. The topological polar surface area (TPSA) is 74.4 Å². The summed E-state index contributed by atoms with van der Waals surface area (Å²) in [6, 6.07) is 3.83. The van der Waals surface area contributed by atoms with E-state index in [1.54, 1.807) is 0 Å². The highest BCUT2D eigenvalue weighted by Gasteiger charge is 2.13. The molecule has 5 nitrogen and oxygen atoms in total.